The third-order valence-electron chi connectivity index (χ3n) is 3.34. The zero-order chi connectivity index (χ0) is 19.5. The number of methoxy groups -OCH3 is 1. The number of esters is 1. The lowest BCUT2D eigenvalue weighted by molar-refractivity contribution is -0.142. The summed E-state index contributed by atoms with van der Waals surface area (Å²) in [6, 6.07) is 4.80. The van der Waals surface area contributed by atoms with E-state index in [4.69, 9.17) is 23.2 Å². The molecule has 2 aromatic carbocycles. The van der Waals surface area contributed by atoms with Crippen LogP contribution < -0.4 is 4.72 Å². The predicted octanol–water partition coefficient (Wildman–Crippen LogP) is 3.61. The van der Waals surface area contributed by atoms with Crippen molar-refractivity contribution in [1.29, 1.82) is 0 Å². The minimum Gasteiger partial charge on any atom is -0.468 e. The minimum atomic E-state index is -4.14. The predicted molar refractivity (Wildman–Crippen MR) is 93.3 cm³/mol. The smallest absolute Gasteiger partial charge is 0.328 e. The molecule has 2 rings (SSSR count). The van der Waals surface area contributed by atoms with Gasteiger partial charge in [-0.1, -0.05) is 29.3 Å². The maximum Gasteiger partial charge on any atom is 0.328 e. The van der Waals surface area contributed by atoms with Crippen molar-refractivity contribution in [3.8, 4) is 0 Å². The molecule has 1 atom stereocenters. The molecule has 0 saturated heterocycles. The van der Waals surface area contributed by atoms with E-state index in [1.54, 1.807) is 0 Å². The quantitative estimate of drug-likeness (QED) is 0.720. The molecule has 2 aromatic rings. The van der Waals surface area contributed by atoms with Gasteiger partial charge in [-0.2, -0.15) is 4.72 Å². The second-order valence-corrected chi connectivity index (χ2v) is 7.82. The number of hydrogen-bond donors (Lipinski definition) is 1. The standard InChI is InChI=1S/C16H13Cl2F2NO4S/c1-25-16(22)15(11-7-10(19)3-5-14(11)20)21-26(23,24)8-9-2-4-12(17)13(18)6-9/h2-7,15,21H,8H2,1H3. The zero-order valence-electron chi connectivity index (χ0n) is 13.3. The summed E-state index contributed by atoms with van der Waals surface area (Å²) in [6.07, 6.45) is 0. The number of halogens is 4. The number of nitrogens with one attached hydrogen (secondary N) is 1. The fourth-order valence-corrected chi connectivity index (χ4v) is 3.77. The highest BCUT2D eigenvalue weighted by Crippen LogP contribution is 2.25. The van der Waals surface area contributed by atoms with Gasteiger partial charge in [-0.15, -0.1) is 0 Å². The number of rotatable bonds is 6. The van der Waals surface area contributed by atoms with Crippen molar-refractivity contribution in [2.45, 2.75) is 11.8 Å². The number of ether oxygens (including phenoxy) is 1. The second kappa shape index (κ2) is 8.30. The number of sulfonamides is 1. The van der Waals surface area contributed by atoms with Gasteiger partial charge >= 0.3 is 5.97 Å². The summed E-state index contributed by atoms with van der Waals surface area (Å²) in [7, 11) is -3.14. The molecular weight excluding hydrogens is 411 g/mol. The summed E-state index contributed by atoms with van der Waals surface area (Å²) in [4.78, 5) is 11.9. The van der Waals surface area contributed by atoms with Crippen LogP contribution in [-0.2, 0) is 25.3 Å². The fourth-order valence-electron chi connectivity index (χ4n) is 2.16. The SMILES string of the molecule is COC(=O)C(NS(=O)(=O)Cc1ccc(Cl)c(Cl)c1)c1cc(F)ccc1F. The van der Waals surface area contributed by atoms with Crippen LogP contribution in [0.3, 0.4) is 0 Å². The highest BCUT2D eigenvalue weighted by Gasteiger charge is 2.30. The van der Waals surface area contributed by atoms with Gasteiger partial charge in [-0.3, -0.25) is 0 Å². The second-order valence-electron chi connectivity index (χ2n) is 5.25. The van der Waals surface area contributed by atoms with E-state index in [0.717, 1.165) is 25.3 Å². The molecule has 1 unspecified atom stereocenters. The summed E-state index contributed by atoms with van der Waals surface area (Å²) in [5, 5.41) is 0.398. The molecule has 26 heavy (non-hydrogen) atoms. The van der Waals surface area contributed by atoms with Crippen LogP contribution in [0.2, 0.25) is 10.0 Å². The average Bonchev–Trinajstić information content (AvgIpc) is 2.57. The van der Waals surface area contributed by atoms with E-state index in [0.29, 0.717) is 0 Å². The Hall–Kier alpha value is -1.74. The summed E-state index contributed by atoms with van der Waals surface area (Å²) in [5.41, 5.74) is -0.204. The topological polar surface area (TPSA) is 72.5 Å². The largest absolute Gasteiger partial charge is 0.468 e. The first kappa shape index (κ1) is 20.6. The van der Waals surface area contributed by atoms with Gasteiger partial charge in [0.25, 0.3) is 0 Å². The van der Waals surface area contributed by atoms with Crippen LogP contribution in [0.25, 0.3) is 0 Å². The van der Waals surface area contributed by atoms with Gasteiger partial charge < -0.3 is 4.74 Å². The number of carbonyl (C=O) groups excluding carboxylic acids is 1. The van der Waals surface area contributed by atoms with E-state index in [9.17, 15) is 22.0 Å². The lowest BCUT2D eigenvalue weighted by Crippen LogP contribution is -2.36. The molecule has 10 heteroatoms. The monoisotopic (exact) mass is 423 g/mol. The lowest BCUT2D eigenvalue weighted by atomic mass is 10.1. The third-order valence-corrected chi connectivity index (χ3v) is 5.39. The molecule has 0 bridgehead atoms. The Morgan fingerprint density at radius 3 is 2.46 bits per heavy atom. The van der Waals surface area contributed by atoms with Crippen LogP contribution in [0.4, 0.5) is 8.78 Å². The minimum absolute atomic E-state index is 0.153. The summed E-state index contributed by atoms with van der Waals surface area (Å²) >= 11 is 11.6. The molecule has 1 N–H and O–H groups in total. The van der Waals surface area contributed by atoms with Gasteiger partial charge in [0.15, 0.2) is 0 Å². The summed E-state index contributed by atoms with van der Waals surface area (Å²) in [6.45, 7) is 0. The van der Waals surface area contributed by atoms with Crippen LogP contribution in [0.5, 0.6) is 0 Å². The molecule has 5 nitrogen and oxygen atoms in total. The van der Waals surface area contributed by atoms with E-state index in [1.807, 2.05) is 4.72 Å². The first-order valence-corrected chi connectivity index (χ1v) is 9.50. The van der Waals surface area contributed by atoms with Gasteiger partial charge in [-0.25, -0.2) is 22.0 Å². The van der Waals surface area contributed by atoms with Crippen molar-refractivity contribution >= 4 is 39.2 Å². The van der Waals surface area contributed by atoms with Crippen molar-refractivity contribution < 1.29 is 26.7 Å². The normalized spacial score (nSPS) is 12.7. The number of benzene rings is 2. The van der Waals surface area contributed by atoms with E-state index >= 15 is 0 Å². The van der Waals surface area contributed by atoms with E-state index < -0.39 is 45.0 Å². The molecule has 0 heterocycles. The molecule has 0 spiro atoms. The van der Waals surface area contributed by atoms with Gasteiger partial charge in [-0.05, 0) is 35.9 Å². The molecule has 0 aliphatic heterocycles. The highest BCUT2D eigenvalue weighted by molar-refractivity contribution is 7.88. The molecule has 0 radical (unpaired) electrons. The Labute approximate surface area is 158 Å². The molecule has 0 fully saturated rings. The number of carbonyl (C=O) groups is 1. The van der Waals surface area contributed by atoms with Gasteiger partial charge in [0.05, 0.1) is 22.9 Å². The van der Waals surface area contributed by atoms with Crippen molar-refractivity contribution in [2.24, 2.45) is 0 Å². The van der Waals surface area contributed by atoms with E-state index in [2.05, 4.69) is 4.74 Å². The average molecular weight is 424 g/mol. The Morgan fingerprint density at radius 2 is 1.85 bits per heavy atom. The van der Waals surface area contributed by atoms with Crippen molar-refractivity contribution in [3.63, 3.8) is 0 Å². The van der Waals surface area contributed by atoms with Crippen LogP contribution >= 0.6 is 23.2 Å². The molecule has 0 aliphatic carbocycles. The van der Waals surface area contributed by atoms with Gasteiger partial charge in [0.2, 0.25) is 10.0 Å². The van der Waals surface area contributed by atoms with Crippen molar-refractivity contribution in [2.75, 3.05) is 7.11 Å². The number of hydrogen-bond acceptors (Lipinski definition) is 4. The van der Waals surface area contributed by atoms with Gasteiger partial charge in [0.1, 0.15) is 17.7 Å². The molecule has 140 valence electrons. The molecule has 0 amide bonds. The van der Waals surface area contributed by atoms with Crippen LogP contribution in [-0.4, -0.2) is 21.5 Å². The van der Waals surface area contributed by atoms with Crippen LogP contribution in [0, 0.1) is 11.6 Å². The fraction of sp³-hybridized carbons (Fsp3) is 0.188. The first-order valence-electron chi connectivity index (χ1n) is 7.09. The third kappa shape index (κ3) is 5.14. The van der Waals surface area contributed by atoms with Crippen LogP contribution in [0.1, 0.15) is 17.2 Å². The maximum absolute atomic E-state index is 14.0. The van der Waals surface area contributed by atoms with E-state index in [1.165, 1.54) is 18.2 Å². The van der Waals surface area contributed by atoms with E-state index in [-0.39, 0.29) is 15.6 Å². The zero-order valence-corrected chi connectivity index (χ0v) is 15.6. The summed E-state index contributed by atoms with van der Waals surface area (Å²) in [5.74, 6) is -3.45. The molecular formula is C16H13Cl2F2NO4S. The summed E-state index contributed by atoms with van der Waals surface area (Å²) < 4.78 is 58.7. The highest BCUT2D eigenvalue weighted by atomic mass is 35.5. The maximum atomic E-state index is 14.0. The molecule has 0 saturated carbocycles. The Morgan fingerprint density at radius 1 is 1.15 bits per heavy atom. The molecule has 0 aromatic heterocycles. The van der Waals surface area contributed by atoms with Crippen molar-refractivity contribution in [3.05, 3.63) is 69.2 Å². The molecule has 0 aliphatic rings. The Kier molecular flexibility index (Phi) is 6.57. The Balaban J connectivity index is 2.33. The van der Waals surface area contributed by atoms with Gasteiger partial charge in [0, 0.05) is 5.56 Å². The van der Waals surface area contributed by atoms with Crippen molar-refractivity contribution in [1.82, 2.24) is 4.72 Å². The first-order chi connectivity index (χ1) is 12.1. The Bertz CT molecular complexity index is 938. The van der Waals surface area contributed by atoms with Crippen LogP contribution in [0.15, 0.2) is 36.4 Å². The lowest BCUT2D eigenvalue weighted by Gasteiger charge is -2.18.